The maximum absolute atomic E-state index is 12.4. The predicted molar refractivity (Wildman–Crippen MR) is 78.3 cm³/mol. The monoisotopic (exact) mass is 336 g/mol. The van der Waals surface area contributed by atoms with E-state index in [1.807, 2.05) is 12.1 Å². The standard InChI is InChI=1S/C15H13IO/c1-15(2)11-6-4-3-5-9(11)10-7-8-12(16)14(17)13(10)15/h3-8,12H,1-2H3. The van der Waals surface area contributed by atoms with E-state index in [2.05, 4.69) is 60.7 Å². The van der Waals surface area contributed by atoms with E-state index in [4.69, 9.17) is 0 Å². The molecule has 86 valence electrons. The number of benzene rings is 1. The lowest BCUT2D eigenvalue weighted by molar-refractivity contribution is -0.114. The van der Waals surface area contributed by atoms with Gasteiger partial charge in [-0.1, -0.05) is 72.9 Å². The van der Waals surface area contributed by atoms with Crippen LogP contribution < -0.4 is 0 Å². The van der Waals surface area contributed by atoms with Crippen molar-refractivity contribution in [3.8, 4) is 0 Å². The summed E-state index contributed by atoms with van der Waals surface area (Å²) < 4.78 is -0.0139. The molecule has 1 aromatic rings. The maximum atomic E-state index is 12.4. The van der Waals surface area contributed by atoms with E-state index >= 15 is 0 Å². The first-order valence-electron chi connectivity index (χ1n) is 5.74. The molecule has 2 aliphatic rings. The number of ketones is 1. The summed E-state index contributed by atoms with van der Waals surface area (Å²) in [4.78, 5) is 12.4. The third kappa shape index (κ3) is 1.39. The number of hydrogen-bond donors (Lipinski definition) is 0. The van der Waals surface area contributed by atoms with E-state index in [-0.39, 0.29) is 15.1 Å². The summed E-state index contributed by atoms with van der Waals surface area (Å²) in [7, 11) is 0. The predicted octanol–water partition coefficient (Wildman–Crippen LogP) is 3.67. The number of hydrogen-bond acceptors (Lipinski definition) is 1. The minimum absolute atomic E-state index is 0.0139. The molecule has 1 nitrogen and oxygen atoms in total. The number of halogens is 1. The van der Waals surface area contributed by atoms with Gasteiger partial charge in [0, 0.05) is 11.0 Å². The van der Waals surface area contributed by atoms with Gasteiger partial charge in [-0.3, -0.25) is 4.79 Å². The molecule has 0 bridgehead atoms. The molecule has 3 rings (SSSR count). The Kier molecular flexibility index (Phi) is 2.34. The Labute approximate surface area is 115 Å². The van der Waals surface area contributed by atoms with Crippen LogP contribution in [-0.2, 0) is 10.2 Å². The van der Waals surface area contributed by atoms with Crippen molar-refractivity contribution in [2.75, 3.05) is 0 Å². The second-order valence-electron chi connectivity index (χ2n) is 5.08. The molecule has 0 fully saturated rings. The van der Waals surface area contributed by atoms with Gasteiger partial charge in [0.1, 0.15) is 0 Å². The van der Waals surface area contributed by atoms with Crippen LogP contribution in [0.5, 0.6) is 0 Å². The average molecular weight is 336 g/mol. The van der Waals surface area contributed by atoms with Crippen molar-refractivity contribution >= 4 is 33.9 Å². The Morgan fingerprint density at radius 2 is 1.94 bits per heavy atom. The van der Waals surface area contributed by atoms with Crippen LogP contribution in [0, 0.1) is 0 Å². The van der Waals surface area contributed by atoms with Crippen LogP contribution in [0.15, 0.2) is 42.0 Å². The molecule has 0 saturated heterocycles. The van der Waals surface area contributed by atoms with Gasteiger partial charge in [0.15, 0.2) is 5.78 Å². The summed E-state index contributed by atoms with van der Waals surface area (Å²) >= 11 is 2.20. The fraction of sp³-hybridized carbons (Fsp3) is 0.267. The Bertz CT molecular complexity index is 578. The van der Waals surface area contributed by atoms with Crippen molar-refractivity contribution < 1.29 is 4.79 Å². The SMILES string of the molecule is CC1(C)C2=C(C=CC(I)C2=O)c2ccccc21. The Morgan fingerprint density at radius 1 is 1.24 bits per heavy atom. The zero-order valence-electron chi connectivity index (χ0n) is 9.83. The molecule has 17 heavy (non-hydrogen) atoms. The molecule has 0 saturated carbocycles. The molecule has 0 radical (unpaired) electrons. The van der Waals surface area contributed by atoms with Gasteiger partial charge < -0.3 is 0 Å². The van der Waals surface area contributed by atoms with E-state index in [0.29, 0.717) is 0 Å². The van der Waals surface area contributed by atoms with Crippen molar-refractivity contribution in [3.05, 3.63) is 53.1 Å². The van der Waals surface area contributed by atoms with Crippen molar-refractivity contribution in [3.63, 3.8) is 0 Å². The second-order valence-corrected chi connectivity index (χ2v) is 6.43. The van der Waals surface area contributed by atoms with Gasteiger partial charge >= 0.3 is 0 Å². The highest BCUT2D eigenvalue weighted by atomic mass is 127. The van der Waals surface area contributed by atoms with Crippen LogP contribution in [0.1, 0.15) is 25.0 Å². The molecular formula is C15H13IO. The highest BCUT2D eigenvalue weighted by Gasteiger charge is 2.42. The number of fused-ring (bicyclic) bond motifs is 2. The van der Waals surface area contributed by atoms with E-state index in [0.717, 1.165) is 11.1 Å². The largest absolute Gasteiger partial charge is 0.293 e. The molecule has 0 heterocycles. The molecule has 0 spiro atoms. The summed E-state index contributed by atoms with van der Waals surface area (Å²) in [5, 5.41) is 0. The highest BCUT2D eigenvalue weighted by molar-refractivity contribution is 14.1. The van der Waals surface area contributed by atoms with Crippen LogP contribution in [0.4, 0.5) is 0 Å². The average Bonchev–Trinajstić information content (AvgIpc) is 2.54. The molecular weight excluding hydrogens is 323 g/mol. The highest BCUT2D eigenvalue weighted by Crippen LogP contribution is 2.49. The van der Waals surface area contributed by atoms with Gasteiger partial charge in [0.2, 0.25) is 0 Å². The van der Waals surface area contributed by atoms with Crippen LogP contribution >= 0.6 is 22.6 Å². The van der Waals surface area contributed by atoms with Crippen LogP contribution in [0.25, 0.3) is 5.57 Å². The van der Waals surface area contributed by atoms with Crippen molar-refractivity contribution in [1.29, 1.82) is 0 Å². The third-order valence-corrected chi connectivity index (χ3v) is 4.69. The molecule has 2 heteroatoms. The zero-order chi connectivity index (χ0) is 12.2. The number of carbonyl (C=O) groups excluding carboxylic acids is 1. The number of carbonyl (C=O) groups is 1. The van der Waals surface area contributed by atoms with Gasteiger partial charge in [0.05, 0.1) is 3.92 Å². The molecule has 1 atom stereocenters. The zero-order valence-corrected chi connectivity index (χ0v) is 12.0. The van der Waals surface area contributed by atoms with Gasteiger partial charge in [0.25, 0.3) is 0 Å². The summed E-state index contributed by atoms with van der Waals surface area (Å²) in [5.41, 5.74) is 4.45. The first kappa shape index (κ1) is 11.2. The van der Waals surface area contributed by atoms with Crippen LogP contribution in [0.3, 0.4) is 0 Å². The maximum Gasteiger partial charge on any atom is 0.176 e. The smallest absolute Gasteiger partial charge is 0.176 e. The van der Waals surface area contributed by atoms with E-state index < -0.39 is 0 Å². The number of alkyl halides is 1. The van der Waals surface area contributed by atoms with Gasteiger partial charge in [-0.25, -0.2) is 0 Å². The minimum Gasteiger partial charge on any atom is -0.293 e. The lowest BCUT2D eigenvalue weighted by atomic mass is 9.78. The Hall–Kier alpha value is -0.900. The van der Waals surface area contributed by atoms with Crippen molar-refractivity contribution in [2.45, 2.75) is 23.2 Å². The van der Waals surface area contributed by atoms with Crippen LogP contribution in [0.2, 0.25) is 0 Å². The molecule has 0 amide bonds. The first-order valence-corrected chi connectivity index (χ1v) is 6.99. The van der Waals surface area contributed by atoms with E-state index in [1.54, 1.807) is 0 Å². The molecule has 0 N–H and O–H groups in total. The van der Waals surface area contributed by atoms with Crippen molar-refractivity contribution in [2.24, 2.45) is 0 Å². The van der Waals surface area contributed by atoms with E-state index in [1.165, 1.54) is 11.1 Å². The molecule has 1 unspecified atom stereocenters. The molecule has 1 aromatic carbocycles. The van der Waals surface area contributed by atoms with Crippen LogP contribution in [-0.4, -0.2) is 9.71 Å². The summed E-state index contributed by atoms with van der Waals surface area (Å²) in [5.74, 6) is 0.268. The fourth-order valence-corrected chi connectivity index (χ4v) is 3.41. The molecule has 0 aliphatic heterocycles. The third-order valence-electron chi connectivity index (χ3n) is 3.71. The lowest BCUT2D eigenvalue weighted by Gasteiger charge is -2.25. The number of Topliss-reactive ketones (excluding diaryl/α,β-unsaturated/α-hetero) is 1. The lowest BCUT2D eigenvalue weighted by Crippen LogP contribution is -2.28. The molecule has 0 aromatic heterocycles. The topological polar surface area (TPSA) is 17.1 Å². The number of allylic oxidation sites excluding steroid dienone is 4. The fourth-order valence-electron chi connectivity index (χ4n) is 2.89. The summed E-state index contributed by atoms with van der Waals surface area (Å²) in [6.07, 6.45) is 4.11. The van der Waals surface area contributed by atoms with Gasteiger partial charge in [-0.2, -0.15) is 0 Å². The van der Waals surface area contributed by atoms with Gasteiger partial charge in [-0.05, 0) is 16.7 Å². The summed E-state index contributed by atoms with van der Waals surface area (Å²) in [6.45, 7) is 4.29. The van der Waals surface area contributed by atoms with E-state index in [9.17, 15) is 4.79 Å². The summed E-state index contributed by atoms with van der Waals surface area (Å²) in [6, 6.07) is 8.34. The normalized spacial score (nSPS) is 24.9. The minimum atomic E-state index is -0.156. The van der Waals surface area contributed by atoms with Crippen molar-refractivity contribution in [1.82, 2.24) is 0 Å². The Morgan fingerprint density at radius 3 is 2.71 bits per heavy atom. The Balaban J connectivity index is 2.31. The second kappa shape index (κ2) is 3.55. The molecule has 2 aliphatic carbocycles. The number of rotatable bonds is 0. The quantitative estimate of drug-likeness (QED) is 0.522. The van der Waals surface area contributed by atoms with Gasteiger partial charge in [-0.15, -0.1) is 0 Å². The first-order chi connectivity index (χ1) is 8.03.